The molecule has 0 aromatic carbocycles. The van der Waals surface area contributed by atoms with Crippen molar-refractivity contribution in [1.29, 1.82) is 0 Å². The van der Waals surface area contributed by atoms with Crippen LogP contribution in [0, 0.1) is 5.92 Å². The normalized spacial score (nSPS) is 21.6. The summed E-state index contributed by atoms with van der Waals surface area (Å²) in [5, 5.41) is 10.4. The molecule has 0 aliphatic heterocycles. The Morgan fingerprint density at radius 1 is 1.60 bits per heavy atom. The fourth-order valence-corrected chi connectivity index (χ4v) is 2.74. The summed E-state index contributed by atoms with van der Waals surface area (Å²) in [7, 11) is -0.886. The van der Waals surface area contributed by atoms with E-state index in [0.29, 0.717) is 11.7 Å². The van der Waals surface area contributed by atoms with E-state index in [-0.39, 0.29) is 6.04 Å². The minimum Gasteiger partial charge on any atom is -0.535 e. The smallest absolute Gasteiger partial charge is 0.519 e. The first kappa shape index (κ1) is 13.2. The SMILES string of the molecule is C=C(c1c(OB(C)O)cnc2[nH]ccc12)[C@H]1C[C@@H](N)C1. The number of H-pyrrole nitrogens is 1. The summed E-state index contributed by atoms with van der Waals surface area (Å²) in [4.78, 5) is 7.38. The Kier molecular flexibility index (Phi) is 3.27. The molecule has 1 fully saturated rings. The van der Waals surface area contributed by atoms with Crippen LogP contribution in [0.15, 0.2) is 25.0 Å². The monoisotopic (exact) mass is 271 g/mol. The maximum Gasteiger partial charge on any atom is 0.519 e. The number of nitrogens with two attached hydrogens (primary N) is 1. The van der Waals surface area contributed by atoms with Gasteiger partial charge in [0.25, 0.3) is 0 Å². The zero-order valence-corrected chi connectivity index (χ0v) is 11.5. The molecule has 0 amide bonds. The minimum absolute atomic E-state index is 0.265. The van der Waals surface area contributed by atoms with E-state index in [2.05, 4.69) is 16.5 Å². The zero-order valence-electron chi connectivity index (χ0n) is 11.5. The summed E-state index contributed by atoms with van der Waals surface area (Å²) in [5.74, 6) is 0.944. The number of fused-ring (bicyclic) bond motifs is 1. The average molecular weight is 271 g/mol. The lowest BCUT2D eigenvalue weighted by molar-refractivity contribution is 0.334. The molecule has 0 bridgehead atoms. The van der Waals surface area contributed by atoms with Gasteiger partial charge in [0.1, 0.15) is 11.4 Å². The summed E-state index contributed by atoms with van der Waals surface area (Å²) < 4.78 is 5.48. The summed E-state index contributed by atoms with van der Waals surface area (Å²) in [5.41, 5.74) is 8.59. The highest BCUT2D eigenvalue weighted by molar-refractivity contribution is 6.41. The number of rotatable bonds is 4. The van der Waals surface area contributed by atoms with Gasteiger partial charge >= 0.3 is 7.12 Å². The number of hydrogen-bond acceptors (Lipinski definition) is 4. The second kappa shape index (κ2) is 4.96. The Morgan fingerprint density at radius 2 is 2.35 bits per heavy atom. The molecule has 4 N–H and O–H groups in total. The van der Waals surface area contributed by atoms with Crippen molar-refractivity contribution in [1.82, 2.24) is 9.97 Å². The molecule has 0 spiro atoms. The molecular formula is C14H18BN3O2. The largest absolute Gasteiger partial charge is 0.535 e. The lowest BCUT2D eigenvalue weighted by Gasteiger charge is -2.34. The number of aromatic amines is 1. The summed E-state index contributed by atoms with van der Waals surface area (Å²) in [6, 6.07) is 2.22. The first-order chi connectivity index (χ1) is 9.56. The highest BCUT2D eigenvalue weighted by Gasteiger charge is 2.31. The van der Waals surface area contributed by atoms with Crippen molar-refractivity contribution in [3.05, 3.63) is 30.6 Å². The van der Waals surface area contributed by atoms with Crippen LogP contribution in [0.25, 0.3) is 16.6 Å². The van der Waals surface area contributed by atoms with Crippen LogP contribution >= 0.6 is 0 Å². The Balaban J connectivity index is 2.04. The van der Waals surface area contributed by atoms with Gasteiger partial charge in [0.2, 0.25) is 0 Å². The fraction of sp³-hybridized carbons (Fsp3) is 0.357. The van der Waals surface area contributed by atoms with E-state index in [9.17, 15) is 5.02 Å². The Hall–Kier alpha value is -1.79. The molecule has 20 heavy (non-hydrogen) atoms. The molecule has 2 aromatic heterocycles. The summed E-state index contributed by atoms with van der Waals surface area (Å²) >= 11 is 0. The van der Waals surface area contributed by atoms with Crippen LogP contribution in [0.1, 0.15) is 18.4 Å². The standard InChI is InChI=1S/C14H18BN3O2/c1-8(9-5-10(16)6-9)13-11-3-4-17-14(11)18-7-12(13)20-15(2)19/h3-4,7,9-10,19H,1,5-6,16H2,2H3,(H,17,18)/t9-,10+. The van der Waals surface area contributed by atoms with Crippen molar-refractivity contribution in [2.75, 3.05) is 0 Å². The van der Waals surface area contributed by atoms with Crippen LogP contribution < -0.4 is 10.4 Å². The predicted molar refractivity (Wildman–Crippen MR) is 80.3 cm³/mol. The lowest BCUT2D eigenvalue weighted by Crippen LogP contribution is -2.36. The third kappa shape index (κ3) is 2.21. The zero-order chi connectivity index (χ0) is 14.3. The first-order valence-electron chi connectivity index (χ1n) is 6.82. The number of nitrogens with zero attached hydrogens (tertiary/aromatic N) is 1. The predicted octanol–water partition coefficient (Wildman–Crippen LogP) is 1.80. The van der Waals surface area contributed by atoms with E-state index in [0.717, 1.165) is 35.0 Å². The minimum atomic E-state index is -0.886. The van der Waals surface area contributed by atoms with Crippen LogP contribution in [-0.4, -0.2) is 28.2 Å². The van der Waals surface area contributed by atoms with Crippen molar-refractivity contribution in [3.63, 3.8) is 0 Å². The average Bonchev–Trinajstić information content (AvgIpc) is 2.81. The third-order valence-electron chi connectivity index (χ3n) is 3.84. The van der Waals surface area contributed by atoms with Crippen molar-refractivity contribution < 1.29 is 9.68 Å². The fourth-order valence-electron chi connectivity index (χ4n) is 2.74. The second-order valence-electron chi connectivity index (χ2n) is 5.41. The van der Waals surface area contributed by atoms with Gasteiger partial charge in [-0.3, -0.25) is 0 Å². The molecule has 104 valence electrons. The van der Waals surface area contributed by atoms with Gasteiger partial charge in [-0.2, -0.15) is 0 Å². The van der Waals surface area contributed by atoms with Gasteiger partial charge in [0.15, 0.2) is 0 Å². The van der Waals surface area contributed by atoms with Crippen molar-refractivity contribution >= 4 is 23.7 Å². The van der Waals surface area contributed by atoms with E-state index in [1.54, 1.807) is 13.0 Å². The van der Waals surface area contributed by atoms with Crippen molar-refractivity contribution in [2.45, 2.75) is 25.7 Å². The van der Waals surface area contributed by atoms with E-state index in [4.69, 9.17) is 10.4 Å². The van der Waals surface area contributed by atoms with E-state index >= 15 is 0 Å². The van der Waals surface area contributed by atoms with Gasteiger partial charge in [-0.1, -0.05) is 6.58 Å². The van der Waals surface area contributed by atoms with Crippen molar-refractivity contribution in [3.8, 4) is 5.75 Å². The van der Waals surface area contributed by atoms with Crippen LogP contribution in [0.4, 0.5) is 0 Å². The Bertz CT molecular complexity index is 647. The third-order valence-corrected chi connectivity index (χ3v) is 3.84. The maximum atomic E-state index is 9.48. The Morgan fingerprint density at radius 3 is 3.00 bits per heavy atom. The quantitative estimate of drug-likeness (QED) is 0.740. The van der Waals surface area contributed by atoms with Gasteiger partial charge in [-0.25, -0.2) is 4.98 Å². The molecule has 0 unspecified atom stereocenters. The van der Waals surface area contributed by atoms with Crippen LogP contribution in [-0.2, 0) is 0 Å². The van der Waals surface area contributed by atoms with Crippen LogP contribution in [0.2, 0.25) is 6.82 Å². The second-order valence-corrected chi connectivity index (χ2v) is 5.41. The molecule has 5 nitrogen and oxygen atoms in total. The molecule has 2 heterocycles. The van der Waals surface area contributed by atoms with Gasteiger partial charge in [-0.15, -0.1) is 0 Å². The molecule has 0 saturated heterocycles. The number of pyridine rings is 1. The lowest BCUT2D eigenvalue weighted by atomic mass is 9.74. The van der Waals surface area contributed by atoms with Gasteiger partial charge < -0.3 is 20.4 Å². The highest BCUT2D eigenvalue weighted by Crippen LogP contribution is 2.42. The summed E-state index contributed by atoms with van der Waals surface area (Å²) in [6.45, 7) is 5.80. The number of aromatic nitrogens is 2. The molecule has 2 aromatic rings. The van der Waals surface area contributed by atoms with E-state index in [1.807, 2.05) is 12.3 Å². The van der Waals surface area contributed by atoms with Gasteiger partial charge in [0, 0.05) is 23.2 Å². The Labute approximate surface area is 118 Å². The van der Waals surface area contributed by atoms with Gasteiger partial charge in [0.05, 0.1) is 6.20 Å². The molecule has 3 rings (SSSR count). The molecule has 0 atom stereocenters. The molecule has 1 aliphatic carbocycles. The van der Waals surface area contributed by atoms with E-state index < -0.39 is 7.12 Å². The number of hydrogen-bond donors (Lipinski definition) is 3. The summed E-state index contributed by atoms with van der Waals surface area (Å²) in [6.07, 6.45) is 5.36. The number of allylic oxidation sites excluding steroid dienone is 1. The van der Waals surface area contributed by atoms with Crippen molar-refractivity contribution in [2.24, 2.45) is 11.7 Å². The highest BCUT2D eigenvalue weighted by atomic mass is 16.5. The topological polar surface area (TPSA) is 84.2 Å². The molecule has 1 saturated carbocycles. The molecular weight excluding hydrogens is 253 g/mol. The van der Waals surface area contributed by atoms with Gasteiger partial charge in [-0.05, 0) is 37.2 Å². The molecule has 6 heteroatoms. The maximum absolute atomic E-state index is 9.48. The number of nitrogens with one attached hydrogen (secondary N) is 1. The first-order valence-corrected chi connectivity index (χ1v) is 6.82. The molecule has 1 aliphatic rings. The molecule has 0 radical (unpaired) electrons. The van der Waals surface area contributed by atoms with Crippen LogP contribution in [0.3, 0.4) is 0 Å². The van der Waals surface area contributed by atoms with E-state index in [1.165, 1.54) is 0 Å². The van der Waals surface area contributed by atoms with Crippen LogP contribution in [0.5, 0.6) is 5.75 Å².